The fourth-order valence-electron chi connectivity index (χ4n) is 3.39. The van der Waals surface area contributed by atoms with Gasteiger partial charge in [0.25, 0.3) is 0 Å². The van der Waals surface area contributed by atoms with Crippen LogP contribution in [0.4, 0.5) is 17.6 Å². The van der Waals surface area contributed by atoms with Crippen LogP contribution in [0.2, 0.25) is 0 Å². The van der Waals surface area contributed by atoms with Crippen LogP contribution >= 0.6 is 0 Å². The molecular formula is C25H31F4N3O2. The summed E-state index contributed by atoms with van der Waals surface area (Å²) in [6, 6.07) is 6.15. The van der Waals surface area contributed by atoms with E-state index in [9.17, 15) is 22.4 Å². The predicted octanol–water partition coefficient (Wildman–Crippen LogP) is 5.26. The molecule has 0 bridgehead atoms. The summed E-state index contributed by atoms with van der Waals surface area (Å²) in [6.45, 7) is 5.23. The molecule has 1 aromatic carbocycles. The van der Waals surface area contributed by atoms with Crippen molar-refractivity contribution in [1.29, 1.82) is 0 Å². The smallest absolute Gasteiger partial charge is 0.417 e. The number of benzene rings is 1. The van der Waals surface area contributed by atoms with E-state index in [0.29, 0.717) is 11.1 Å². The molecule has 1 aromatic heterocycles. The Hall–Kier alpha value is -2.94. The van der Waals surface area contributed by atoms with Gasteiger partial charge in [-0.3, -0.25) is 4.79 Å². The van der Waals surface area contributed by atoms with Crippen molar-refractivity contribution in [3.05, 3.63) is 48.3 Å². The molecule has 2 aromatic rings. The Kier molecular flexibility index (Phi) is 7.97. The molecular weight excluding hydrogens is 450 g/mol. The van der Waals surface area contributed by atoms with Crippen molar-refractivity contribution >= 4 is 28.3 Å². The summed E-state index contributed by atoms with van der Waals surface area (Å²) >= 11 is 0. The summed E-state index contributed by atoms with van der Waals surface area (Å²) in [4.78, 5) is 17.6. The van der Waals surface area contributed by atoms with Crippen molar-refractivity contribution in [1.82, 2.24) is 15.2 Å². The highest BCUT2D eigenvalue weighted by Gasteiger charge is 2.35. The van der Waals surface area contributed by atoms with Gasteiger partial charge in [-0.2, -0.15) is 13.2 Å². The molecule has 9 heteroatoms. The molecule has 1 aliphatic rings. The normalized spacial score (nSPS) is 16.1. The summed E-state index contributed by atoms with van der Waals surface area (Å²) in [5, 5.41) is 3.46. The fourth-order valence-corrected chi connectivity index (χ4v) is 3.39. The van der Waals surface area contributed by atoms with Crippen molar-refractivity contribution in [2.24, 2.45) is 5.92 Å². The number of allylic oxidation sites excluding steroid dienone is 1. The summed E-state index contributed by atoms with van der Waals surface area (Å²) in [5.41, 5.74) is -1.08. The molecule has 1 heterocycles. The third kappa shape index (κ3) is 6.79. The number of carbonyl (C=O) groups excluding carboxylic acids is 1. The van der Waals surface area contributed by atoms with E-state index in [2.05, 4.69) is 16.9 Å². The van der Waals surface area contributed by atoms with Crippen molar-refractivity contribution in [2.45, 2.75) is 38.2 Å². The van der Waals surface area contributed by atoms with E-state index in [-0.39, 0.29) is 43.1 Å². The quantitative estimate of drug-likeness (QED) is 0.470. The van der Waals surface area contributed by atoms with Gasteiger partial charge in [-0.15, -0.1) is 0 Å². The highest BCUT2D eigenvalue weighted by molar-refractivity contribution is 5.94. The van der Waals surface area contributed by atoms with E-state index in [1.54, 1.807) is 50.2 Å². The molecule has 34 heavy (non-hydrogen) atoms. The van der Waals surface area contributed by atoms with Gasteiger partial charge in [0.05, 0.1) is 17.0 Å². The maximum absolute atomic E-state index is 14.3. The van der Waals surface area contributed by atoms with Gasteiger partial charge in [0.2, 0.25) is 5.91 Å². The van der Waals surface area contributed by atoms with Crippen LogP contribution in [0.3, 0.4) is 0 Å². The van der Waals surface area contributed by atoms with Crippen LogP contribution < -0.4 is 10.1 Å². The van der Waals surface area contributed by atoms with Crippen LogP contribution in [0.15, 0.2) is 36.9 Å². The Morgan fingerprint density at radius 1 is 1.35 bits per heavy atom. The number of aromatic nitrogens is 1. The maximum atomic E-state index is 14.3. The van der Waals surface area contributed by atoms with E-state index in [1.165, 1.54) is 12.1 Å². The number of hydrogen-bond donors (Lipinski definition) is 1. The Balaban J connectivity index is 0.00000432. The second-order valence-electron chi connectivity index (χ2n) is 8.78. The second kappa shape index (κ2) is 10.5. The molecule has 0 aliphatic heterocycles. The van der Waals surface area contributed by atoms with Crippen molar-refractivity contribution in [3.63, 3.8) is 0 Å². The minimum atomic E-state index is -4.65. The summed E-state index contributed by atoms with van der Waals surface area (Å²) in [5.74, 6) is 0.373. The first-order valence-electron chi connectivity index (χ1n) is 11.1. The summed E-state index contributed by atoms with van der Waals surface area (Å²) < 4.78 is 60.4. The standard InChI is InChI=1S/C25H29F4N3O2.H2/c1-15(25(27,28)29)23-21-10-9-20(34-16(2)22(26)14-32(3)4)13-18(21)12-19(31-23)6-5-11-30-24(33)17-7-8-17;/h5-6,9-10,12-13,16-17,22H,1,7-8,11,14H2,2-4H3,(H,30,33);1H/b6-5+;/t16-,22+;/m1./s1. The highest BCUT2D eigenvalue weighted by atomic mass is 19.4. The third-order valence-corrected chi connectivity index (χ3v) is 5.45. The molecule has 186 valence electrons. The summed E-state index contributed by atoms with van der Waals surface area (Å²) in [6.07, 6.45) is -1.71. The predicted molar refractivity (Wildman–Crippen MR) is 127 cm³/mol. The van der Waals surface area contributed by atoms with Gasteiger partial charge >= 0.3 is 6.18 Å². The number of halogens is 4. The maximum Gasteiger partial charge on any atom is 0.417 e. The van der Waals surface area contributed by atoms with Gasteiger partial charge in [-0.05, 0) is 69.6 Å². The lowest BCUT2D eigenvalue weighted by Gasteiger charge is -2.22. The van der Waals surface area contributed by atoms with E-state index >= 15 is 0 Å². The Labute approximate surface area is 198 Å². The number of pyridine rings is 1. The Morgan fingerprint density at radius 3 is 2.68 bits per heavy atom. The van der Waals surface area contributed by atoms with Crippen LogP contribution in [-0.4, -0.2) is 61.4 Å². The van der Waals surface area contributed by atoms with Crippen LogP contribution in [0, 0.1) is 5.92 Å². The molecule has 5 nitrogen and oxygen atoms in total. The lowest BCUT2D eigenvalue weighted by Crippen LogP contribution is -2.34. The largest absolute Gasteiger partial charge is 0.488 e. The molecule has 3 rings (SSSR count). The summed E-state index contributed by atoms with van der Waals surface area (Å²) in [7, 11) is 3.51. The van der Waals surface area contributed by atoms with Gasteiger partial charge in [-0.1, -0.05) is 12.7 Å². The number of ether oxygens (including phenoxy) is 1. The zero-order valence-electron chi connectivity index (χ0n) is 19.5. The second-order valence-corrected chi connectivity index (χ2v) is 8.78. The molecule has 1 amide bonds. The van der Waals surface area contributed by atoms with Crippen LogP contribution in [0.1, 0.15) is 32.6 Å². The fraction of sp³-hybridized carbons (Fsp3) is 0.440. The van der Waals surface area contributed by atoms with E-state index in [4.69, 9.17) is 4.74 Å². The molecule has 2 atom stereocenters. The number of nitrogens with one attached hydrogen (secondary N) is 1. The van der Waals surface area contributed by atoms with Gasteiger partial charge in [-0.25, -0.2) is 9.37 Å². The lowest BCUT2D eigenvalue weighted by molar-refractivity contribution is -0.122. The van der Waals surface area contributed by atoms with E-state index < -0.39 is 24.0 Å². The first-order valence-corrected chi connectivity index (χ1v) is 11.1. The zero-order valence-corrected chi connectivity index (χ0v) is 19.5. The molecule has 1 N–H and O–H groups in total. The average molecular weight is 482 g/mol. The first kappa shape index (κ1) is 25.7. The molecule has 1 saturated carbocycles. The topological polar surface area (TPSA) is 54.5 Å². The monoisotopic (exact) mass is 481 g/mol. The van der Waals surface area contributed by atoms with E-state index in [0.717, 1.165) is 12.8 Å². The number of amides is 1. The first-order chi connectivity index (χ1) is 16.0. The Morgan fingerprint density at radius 2 is 2.06 bits per heavy atom. The number of rotatable bonds is 10. The molecule has 1 aliphatic carbocycles. The highest BCUT2D eigenvalue weighted by Crippen LogP contribution is 2.36. The minimum absolute atomic E-state index is 0. The van der Waals surface area contributed by atoms with Gasteiger partial charge < -0.3 is 15.0 Å². The van der Waals surface area contributed by atoms with Crippen LogP contribution in [0.25, 0.3) is 22.4 Å². The number of carbonyl (C=O) groups is 1. The number of nitrogens with zero attached hydrogens (tertiary/aromatic N) is 2. The molecule has 1 fully saturated rings. The molecule has 0 spiro atoms. The van der Waals surface area contributed by atoms with Gasteiger partial charge in [0.15, 0.2) is 0 Å². The molecule has 0 radical (unpaired) electrons. The Bertz CT molecular complexity index is 1080. The minimum Gasteiger partial charge on any atom is -0.488 e. The van der Waals surface area contributed by atoms with Crippen LogP contribution in [-0.2, 0) is 4.79 Å². The van der Waals surface area contributed by atoms with Crippen molar-refractivity contribution in [2.75, 3.05) is 27.2 Å². The van der Waals surface area contributed by atoms with E-state index in [1.807, 2.05) is 0 Å². The van der Waals surface area contributed by atoms with Crippen LogP contribution in [0.5, 0.6) is 5.75 Å². The number of hydrogen-bond acceptors (Lipinski definition) is 4. The van der Waals surface area contributed by atoms with Crippen molar-refractivity contribution in [3.8, 4) is 5.75 Å². The number of fused-ring (bicyclic) bond motifs is 1. The lowest BCUT2D eigenvalue weighted by atomic mass is 10.0. The number of alkyl halides is 4. The SMILES string of the molecule is C=C(c1nc(/C=C/CNC(=O)C2CC2)cc2cc(O[C@H](C)[C@@H](F)CN(C)C)ccc12)C(F)(F)F.[HH]. The van der Waals surface area contributed by atoms with Gasteiger partial charge in [0, 0.05) is 25.8 Å². The molecule has 0 saturated heterocycles. The molecule has 0 unspecified atom stereocenters. The van der Waals surface area contributed by atoms with Gasteiger partial charge in [0.1, 0.15) is 18.0 Å². The zero-order chi connectivity index (χ0) is 25.0. The average Bonchev–Trinajstić information content (AvgIpc) is 3.59. The van der Waals surface area contributed by atoms with Crippen molar-refractivity contribution < 1.29 is 28.5 Å². The third-order valence-electron chi connectivity index (χ3n) is 5.45.